The van der Waals surface area contributed by atoms with Gasteiger partial charge in [0.05, 0.1) is 12.7 Å². The SMILES string of the molecule is CC1(CO)CCCC2(C)C3CC=C(CO)CC(O)C3CCC12. The number of hydrogen-bond acceptors (Lipinski definition) is 3. The molecule has 3 heteroatoms. The third-order valence-corrected chi connectivity index (χ3v) is 7.44. The van der Waals surface area contributed by atoms with Gasteiger partial charge >= 0.3 is 0 Å². The summed E-state index contributed by atoms with van der Waals surface area (Å²) in [5.74, 6) is 1.38. The normalized spacial score (nSPS) is 48.9. The van der Waals surface area contributed by atoms with Crippen molar-refractivity contribution >= 4 is 0 Å². The van der Waals surface area contributed by atoms with Crippen molar-refractivity contribution in [2.24, 2.45) is 28.6 Å². The molecule has 6 unspecified atom stereocenters. The Kier molecular flexibility index (Phi) is 4.43. The molecule has 3 aliphatic rings. The summed E-state index contributed by atoms with van der Waals surface area (Å²) in [5.41, 5.74) is 1.25. The summed E-state index contributed by atoms with van der Waals surface area (Å²) in [6, 6.07) is 0. The number of hydrogen-bond donors (Lipinski definition) is 3. The fourth-order valence-electron chi connectivity index (χ4n) is 6.21. The molecular formula is C19H32O3. The zero-order valence-corrected chi connectivity index (χ0v) is 14.1. The fraction of sp³-hybridized carbons (Fsp3) is 0.895. The molecule has 0 heterocycles. The summed E-state index contributed by atoms with van der Waals surface area (Å²) in [7, 11) is 0. The van der Waals surface area contributed by atoms with E-state index in [1.807, 2.05) is 0 Å². The second-order valence-electron chi connectivity index (χ2n) is 8.60. The maximum Gasteiger partial charge on any atom is 0.0642 e. The highest BCUT2D eigenvalue weighted by Crippen LogP contribution is 2.63. The highest BCUT2D eigenvalue weighted by atomic mass is 16.3. The summed E-state index contributed by atoms with van der Waals surface area (Å²) in [6.07, 6.45) is 9.19. The van der Waals surface area contributed by atoms with Crippen molar-refractivity contribution in [3.05, 3.63) is 11.6 Å². The molecule has 3 rings (SSSR count). The highest BCUT2D eigenvalue weighted by molar-refractivity contribution is 5.14. The minimum Gasteiger partial charge on any atom is -0.396 e. The van der Waals surface area contributed by atoms with Crippen LogP contribution in [0.2, 0.25) is 0 Å². The quantitative estimate of drug-likeness (QED) is 0.687. The molecule has 0 spiro atoms. The van der Waals surface area contributed by atoms with E-state index in [0.717, 1.165) is 31.3 Å². The van der Waals surface area contributed by atoms with E-state index in [4.69, 9.17) is 0 Å². The Morgan fingerprint density at radius 3 is 2.64 bits per heavy atom. The van der Waals surface area contributed by atoms with Gasteiger partial charge in [0.1, 0.15) is 0 Å². The van der Waals surface area contributed by atoms with Gasteiger partial charge in [-0.1, -0.05) is 26.3 Å². The maximum atomic E-state index is 10.7. The van der Waals surface area contributed by atoms with Gasteiger partial charge in [-0.25, -0.2) is 0 Å². The van der Waals surface area contributed by atoms with E-state index in [1.165, 1.54) is 12.8 Å². The van der Waals surface area contributed by atoms with Crippen molar-refractivity contribution in [3.8, 4) is 0 Å². The van der Waals surface area contributed by atoms with Crippen LogP contribution in [0.25, 0.3) is 0 Å². The van der Waals surface area contributed by atoms with Crippen LogP contribution in [-0.4, -0.2) is 34.6 Å². The zero-order valence-electron chi connectivity index (χ0n) is 14.1. The number of rotatable bonds is 2. The molecule has 126 valence electrons. The monoisotopic (exact) mass is 308 g/mol. The molecule has 0 aromatic carbocycles. The van der Waals surface area contributed by atoms with E-state index in [1.54, 1.807) is 0 Å². The Hall–Kier alpha value is -0.380. The number of aliphatic hydroxyl groups excluding tert-OH is 3. The van der Waals surface area contributed by atoms with Gasteiger partial charge in [0, 0.05) is 6.61 Å². The molecule has 3 N–H and O–H groups in total. The van der Waals surface area contributed by atoms with Crippen molar-refractivity contribution in [2.75, 3.05) is 13.2 Å². The fourth-order valence-corrected chi connectivity index (χ4v) is 6.21. The minimum atomic E-state index is -0.314. The average molecular weight is 308 g/mol. The molecule has 0 radical (unpaired) electrons. The van der Waals surface area contributed by atoms with Crippen molar-refractivity contribution in [1.82, 2.24) is 0 Å². The predicted octanol–water partition coefficient (Wildman–Crippen LogP) is 2.89. The Bertz CT molecular complexity index is 446. The Balaban J connectivity index is 1.94. The molecule has 22 heavy (non-hydrogen) atoms. The average Bonchev–Trinajstić information content (AvgIpc) is 2.67. The lowest BCUT2D eigenvalue weighted by Crippen LogP contribution is -2.54. The molecule has 3 nitrogen and oxygen atoms in total. The van der Waals surface area contributed by atoms with E-state index >= 15 is 0 Å². The van der Waals surface area contributed by atoms with E-state index in [2.05, 4.69) is 19.9 Å². The Morgan fingerprint density at radius 1 is 1.18 bits per heavy atom. The van der Waals surface area contributed by atoms with Gasteiger partial charge in [-0.05, 0) is 72.7 Å². The maximum absolute atomic E-state index is 10.7. The van der Waals surface area contributed by atoms with Crippen molar-refractivity contribution in [2.45, 2.75) is 64.9 Å². The lowest BCUT2D eigenvalue weighted by Gasteiger charge is -2.60. The van der Waals surface area contributed by atoms with Crippen LogP contribution in [0.3, 0.4) is 0 Å². The summed E-state index contributed by atoms with van der Waals surface area (Å²) >= 11 is 0. The smallest absolute Gasteiger partial charge is 0.0642 e. The first kappa shape index (κ1) is 16.5. The van der Waals surface area contributed by atoms with Crippen molar-refractivity contribution in [3.63, 3.8) is 0 Å². The Morgan fingerprint density at radius 2 is 1.95 bits per heavy atom. The second-order valence-corrected chi connectivity index (χ2v) is 8.60. The highest BCUT2D eigenvalue weighted by Gasteiger charge is 2.56. The molecule has 0 bridgehead atoms. The van der Waals surface area contributed by atoms with Gasteiger partial charge in [0.2, 0.25) is 0 Å². The minimum absolute atomic E-state index is 0.0404. The second kappa shape index (κ2) is 5.92. The van der Waals surface area contributed by atoms with Crippen LogP contribution >= 0.6 is 0 Å². The molecule has 6 atom stereocenters. The third kappa shape index (κ3) is 2.46. The van der Waals surface area contributed by atoms with Gasteiger partial charge in [0.25, 0.3) is 0 Å². The van der Waals surface area contributed by atoms with E-state index in [0.29, 0.717) is 24.2 Å². The van der Waals surface area contributed by atoms with E-state index < -0.39 is 0 Å². The topological polar surface area (TPSA) is 60.7 Å². The van der Waals surface area contributed by atoms with E-state index in [9.17, 15) is 15.3 Å². The number of aliphatic hydroxyl groups is 3. The predicted molar refractivity (Wildman–Crippen MR) is 87.3 cm³/mol. The van der Waals surface area contributed by atoms with Crippen LogP contribution < -0.4 is 0 Å². The molecular weight excluding hydrogens is 276 g/mol. The summed E-state index contributed by atoms with van der Waals surface area (Å²) in [4.78, 5) is 0. The molecule has 2 fully saturated rings. The number of allylic oxidation sites excluding steroid dienone is 1. The summed E-state index contributed by atoms with van der Waals surface area (Å²) in [6.45, 7) is 5.03. The van der Waals surface area contributed by atoms with Gasteiger partial charge in [0.15, 0.2) is 0 Å². The van der Waals surface area contributed by atoms with Gasteiger partial charge in [-0.3, -0.25) is 0 Å². The lowest BCUT2D eigenvalue weighted by molar-refractivity contribution is -0.135. The summed E-state index contributed by atoms with van der Waals surface area (Å²) in [5, 5.41) is 30.1. The van der Waals surface area contributed by atoms with Gasteiger partial charge < -0.3 is 15.3 Å². The van der Waals surface area contributed by atoms with Crippen molar-refractivity contribution in [1.29, 1.82) is 0 Å². The van der Waals surface area contributed by atoms with Crippen LogP contribution in [0.5, 0.6) is 0 Å². The molecule has 2 saturated carbocycles. The largest absolute Gasteiger partial charge is 0.396 e. The summed E-state index contributed by atoms with van der Waals surface area (Å²) < 4.78 is 0. The standard InChI is InChI=1S/C19H32O3/c1-18(12-21)8-3-9-19(2)15-6-4-13(11-20)10-16(22)14(15)5-7-17(18)19/h4,14-17,20-22H,3,5-12H2,1-2H3. The third-order valence-electron chi connectivity index (χ3n) is 7.44. The van der Waals surface area contributed by atoms with Crippen LogP contribution in [0, 0.1) is 28.6 Å². The van der Waals surface area contributed by atoms with E-state index in [-0.39, 0.29) is 30.1 Å². The Labute approximate surface area is 134 Å². The lowest BCUT2D eigenvalue weighted by atomic mass is 9.45. The number of fused-ring (bicyclic) bond motifs is 3. The van der Waals surface area contributed by atoms with Crippen molar-refractivity contribution < 1.29 is 15.3 Å². The molecule has 0 amide bonds. The van der Waals surface area contributed by atoms with Crippen LogP contribution in [0.4, 0.5) is 0 Å². The van der Waals surface area contributed by atoms with Gasteiger partial charge in [-0.2, -0.15) is 0 Å². The van der Waals surface area contributed by atoms with Crippen LogP contribution in [-0.2, 0) is 0 Å². The van der Waals surface area contributed by atoms with Gasteiger partial charge in [-0.15, -0.1) is 0 Å². The molecule has 3 aliphatic carbocycles. The first-order valence-corrected chi connectivity index (χ1v) is 9.02. The zero-order chi connectivity index (χ0) is 16.0. The first-order valence-electron chi connectivity index (χ1n) is 9.02. The molecule has 0 aliphatic heterocycles. The van der Waals surface area contributed by atoms with Crippen LogP contribution in [0.1, 0.15) is 58.8 Å². The molecule has 0 aromatic heterocycles. The molecule has 0 aromatic rings. The van der Waals surface area contributed by atoms with Crippen LogP contribution in [0.15, 0.2) is 11.6 Å². The molecule has 0 saturated heterocycles. The first-order chi connectivity index (χ1) is 10.4.